The molecule has 2 N–H and O–H groups in total. The van der Waals surface area contributed by atoms with Crippen molar-refractivity contribution in [2.75, 3.05) is 17.2 Å². The Hall–Kier alpha value is -1.51. The van der Waals surface area contributed by atoms with Crippen LogP contribution in [0.4, 0.5) is 11.4 Å². The summed E-state index contributed by atoms with van der Waals surface area (Å²) in [6.45, 7) is 3.00. The second-order valence-corrected chi connectivity index (χ2v) is 5.02. The van der Waals surface area contributed by atoms with Crippen LogP contribution in [0.2, 0.25) is 0 Å². The van der Waals surface area contributed by atoms with E-state index in [1.54, 1.807) is 0 Å². The van der Waals surface area contributed by atoms with E-state index in [9.17, 15) is 4.79 Å². The van der Waals surface area contributed by atoms with Gasteiger partial charge in [-0.05, 0) is 31.4 Å². The van der Waals surface area contributed by atoms with Gasteiger partial charge in [-0.1, -0.05) is 13.0 Å². The lowest BCUT2D eigenvalue weighted by Gasteiger charge is -2.12. The topological polar surface area (TPSA) is 41.1 Å². The second kappa shape index (κ2) is 3.24. The molecule has 0 radical (unpaired) electrons. The van der Waals surface area contributed by atoms with Crippen molar-refractivity contribution in [3.8, 4) is 0 Å². The molecular formula is C13H16N2O. The maximum absolute atomic E-state index is 12.0. The Kier molecular flexibility index (Phi) is 1.96. The van der Waals surface area contributed by atoms with E-state index in [0.717, 1.165) is 31.5 Å². The molecule has 3 nitrogen and oxygen atoms in total. The second-order valence-electron chi connectivity index (χ2n) is 5.02. The largest absolute Gasteiger partial charge is 0.384 e. The molecule has 3 heteroatoms. The van der Waals surface area contributed by atoms with Crippen molar-refractivity contribution in [2.24, 2.45) is 5.41 Å². The first-order valence-electron chi connectivity index (χ1n) is 5.86. The number of hydrogen-bond donors (Lipinski definition) is 2. The van der Waals surface area contributed by atoms with Gasteiger partial charge in [0.2, 0.25) is 5.91 Å². The number of carbonyl (C=O) groups is 1. The van der Waals surface area contributed by atoms with E-state index in [1.807, 2.05) is 19.1 Å². The zero-order valence-corrected chi connectivity index (χ0v) is 9.47. The number of hydrogen-bond acceptors (Lipinski definition) is 2. The van der Waals surface area contributed by atoms with Crippen molar-refractivity contribution >= 4 is 17.3 Å². The van der Waals surface area contributed by atoms with Crippen LogP contribution in [0.5, 0.6) is 0 Å². The molecule has 1 aromatic carbocycles. The number of carbonyl (C=O) groups excluding carboxylic acids is 1. The van der Waals surface area contributed by atoms with E-state index < -0.39 is 0 Å². The molecule has 3 rings (SSSR count). The number of benzene rings is 1. The van der Waals surface area contributed by atoms with Gasteiger partial charge in [-0.25, -0.2) is 0 Å². The number of fused-ring (bicyclic) bond motifs is 1. The van der Waals surface area contributed by atoms with Crippen molar-refractivity contribution < 1.29 is 4.79 Å². The van der Waals surface area contributed by atoms with E-state index in [-0.39, 0.29) is 11.3 Å². The summed E-state index contributed by atoms with van der Waals surface area (Å²) in [5.41, 5.74) is 3.30. The van der Waals surface area contributed by atoms with Gasteiger partial charge < -0.3 is 10.6 Å². The van der Waals surface area contributed by atoms with Crippen molar-refractivity contribution in [1.29, 1.82) is 0 Å². The zero-order chi connectivity index (χ0) is 11.2. The van der Waals surface area contributed by atoms with Crippen molar-refractivity contribution in [1.82, 2.24) is 0 Å². The average molecular weight is 216 g/mol. The fourth-order valence-electron chi connectivity index (χ4n) is 2.15. The van der Waals surface area contributed by atoms with Crippen LogP contribution in [0.1, 0.15) is 25.3 Å². The van der Waals surface area contributed by atoms with Crippen molar-refractivity contribution in [3.05, 3.63) is 23.8 Å². The third-order valence-corrected chi connectivity index (χ3v) is 3.66. The minimum Gasteiger partial charge on any atom is -0.384 e. The molecule has 2 aliphatic rings. The molecular weight excluding hydrogens is 200 g/mol. The fourth-order valence-corrected chi connectivity index (χ4v) is 2.15. The van der Waals surface area contributed by atoms with E-state index in [0.29, 0.717) is 0 Å². The SMILES string of the molecule is CC1(C(=O)Nc2cccc3c2CCN3)CC1. The maximum Gasteiger partial charge on any atom is 0.230 e. The summed E-state index contributed by atoms with van der Waals surface area (Å²) in [4.78, 5) is 12.0. The predicted molar refractivity (Wildman–Crippen MR) is 64.6 cm³/mol. The first-order valence-corrected chi connectivity index (χ1v) is 5.86. The van der Waals surface area contributed by atoms with Gasteiger partial charge in [-0.2, -0.15) is 0 Å². The summed E-state index contributed by atoms with van der Waals surface area (Å²) in [6.07, 6.45) is 3.04. The molecule has 1 saturated carbocycles. The Bertz CT molecular complexity index is 449. The van der Waals surface area contributed by atoms with E-state index in [1.165, 1.54) is 11.3 Å². The standard InChI is InChI=1S/C13H16N2O/c1-13(6-7-13)12(16)15-11-4-2-3-10-9(11)5-8-14-10/h2-4,14H,5-8H2,1H3,(H,15,16). The molecule has 16 heavy (non-hydrogen) atoms. The summed E-state index contributed by atoms with van der Waals surface area (Å²) in [5, 5.41) is 6.38. The average Bonchev–Trinajstić information content (AvgIpc) is 2.85. The molecule has 0 aromatic heterocycles. The van der Waals surface area contributed by atoms with Gasteiger partial charge in [0.15, 0.2) is 0 Å². The van der Waals surface area contributed by atoms with Gasteiger partial charge >= 0.3 is 0 Å². The molecule has 1 aromatic rings. The highest BCUT2D eigenvalue weighted by Crippen LogP contribution is 2.46. The van der Waals surface area contributed by atoms with Crippen LogP contribution in [0.3, 0.4) is 0 Å². The molecule has 0 bridgehead atoms. The maximum atomic E-state index is 12.0. The van der Waals surface area contributed by atoms with Gasteiger partial charge in [0, 0.05) is 28.9 Å². The van der Waals surface area contributed by atoms with Gasteiger partial charge in [-0.15, -0.1) is 0 Å². The van der Waals surface area contributed by atoms with Crippen LogP contribution >= 0.6 is 0 Å². The lowest BCUT2D eigenvalue weighted by molar-refractivity contribution is -0.120. The van der Waals surface area contributed by atoms with Crippen LogP contribution in [0, 0.1) is 5.41 Å². The van der Waals surface area contributed by atoms with Crippen LogP contribution in [-0.4, -0.2) is 12.5 Å². The molecule has 84 valence electrons. The molecule has 1 aliphatic heterocycles. The lowest BCUT2D eigenvalue weighted by Crippen LogP contribution is -2.21. The fraction of sp³-hybridized carbons (Fsp3) is 0.462. The molecule has 1 aliphatic carbocycles. The van der Waals surface area contributed by atoms with Crippen LogP contribution in [-0.2, 0) is 11.2 Å². The van der Waals surface area contributed by atoms with Crippen LogP contribution in [0.15, 0.2) is 18.2 Å². The minimum atomic E-state index is -0.102. The first kappa shape index (κ1) is 9.70. The van der Waals surface area contributed by atoms with Crippen LogP contribution < -0.4 is 10.6 Å². The highest BCUT2D eigenvalue weighted by atomic mass is 16.2. The van der Waals surface area contributed by atoms with Gasteiger partial charge in [-0.3, -0.25) is 4.79 Å². The van der Waals surface area contributed by atoms with Crippen molar-refractivity contribution in [2.45, 2.75) is 26.2 Å². The van der Waals surface area contributed by atoms with Crippen molar-refractivity contribution in [3.63, 3.8) is 0 Å². The Balaban J connectivity index is 1.85. The van der Waals surface area contributed by atoms with E-state index >= 15 is 0 Å². The molecule has 0 spiro atoms. The normalized spacial score (nSPS) is 19.8. The number of amides is 1. The summed E-state index contributed by atoms with van der Waals surface area (Å²) < 4.78 is 0. The third-order valence-electron chi connectivity index (χ3n) is 3.66. The third kappa shape index (κ3) is 1.47. The Morgan fingerprint density at radius 3 is 3.00 bits per heavy atom. The lowest BCUT2D eigenvalue weighted by atomic mass is 10.1. The molecule has 0 saturated heterocycles. The number of anilines is 2. The monoisotopic (exact) mass is 216 g/mol. The Labute approximate surface area is 95.2 Å². The Morgan fingerprint density at radius 2 is 2.25 bits per heavy atom. The summed E-state index contributed by atoms with van der Waals surface area (Å²) in [7, 11) is 0. The molecule has 0 unspecified atom stereocenters. The molecule has 1 amide bonds. The Morgan fingerprint density at radius 1 is 1.44 bits per heavy atom. The quantitative estimate of drug-likeness (QED) is 0.797. The van der Waals surface area contributed by atoms with E-state index in [4.69, 9.17) is 0 Å². The number of rotatable bonds is 2. The first-order chi connectivity index (χ1) is 7.69. The summed E-state index contributed by atoms with van der Waals surface area (Å²) in [6, 6.07) is 6.05. The highest BCUT2D eigenvalue weighted by Gasteiger charge is 2.45. The van der Waals surface area contributed by atoms with Gasteiger partial charge in [0.25, 0.3) is 0 Å². The van der Waals surface area contributed by atoms with Gasteiger partial charge in [0.05, 0.1) is 0 Å². The predicted octanol–water partition coefficient (Wildman–Crippen LogP) is 2.39. The van der Waals surface area contributed by atoms with Crippen LogP contribution in [0.25, 0.3) is 0 Å². The zero-order valence-electron chi connectivity index (χ0n) is 9.47. The highest BCUT2D eigenvalue weighted by molar-refractivity contribution is 5.98. The minimum absolute atomic E-state index is 0.102. The summed E-state index contributed by atoms with van der Waals surface area (Å²) >= 11 is 0. The number of nitrogens with one attached hydrogen (secondary N) is 2. The van der Waals surface area contributed by atoms with Gasteiger partial charge in [0.1, 0.15) is 0 Å². The molecule has 1 fully saturated rings. The molecule has 0 atom stereocenters. The smallest absolute Gasteiger partial charge is 0.230 e. The van der Waals surface area contributed by atoms with E-state index in [2.05, 4.69) is 16.7 Å². The summed E-state index contributed by atoms with van der Waals surface area (Å²) in [5.74, 6) is 0.174. The molecule has 1 heterocycles.